The maximum Gasteiger partial charge on any atom is 0.176 e. The molecular formula is C17H22BrNO. The molecule has 0 N–H and O–H groups in total. The van der Waals surface area contributed by atoms with Gasteiger partial charge in [-0.1, -0.05) is 40.9 Å². The highest BCUT2D eigenvalue weighted by Gasteiger charge is 2.37. The first kappa shape index (κ1) is 14.3. The number of nitrogens with zero attached hydrogens (tertiary/aromatic N) is 1. The van der Waals surface area contributed by atoms with Crippen LogP contribution in [-0.4, -0.2) is 30.3 Å². The number of hydrogen-bond donors (Lipinski definition) is 0. The van der Waals surface area contributed by atoms with E-state index < -0.39 is 0 Å². The Morgan fingerprint density at radius 2 is 1.65 bits per heavy atom. The summed E-state index contributed by atoms with van der Waals surface area (Å²) in [5, 5.41) is 0. The lowest BCUT2D eigenvalue weighted by molar-refractivity contribution is 0.0797. The van der Waals surface area contributed by atoms with Crippen molar-refractivity contribution in [3.63, 3.8) is 0 Å². The monoisotopic (exact) mass is 335 g/mol. The second-order valence-corrected chi connectivity index (χ2v) is 7.33. The summed E-state index contributed by atoms with van der Waals surface area (Å²) in [5.41, 5.74) is 1.46. The van der Waals surface area contributed by atoms with Gasteiger partial charge >= 0.3 is 0 Å². The third kappa shape index (κ3) is 3.15. The van der Waals surface area contributed by atoms with Crippen LogP contribution in [0.4, 0.5) is 0 Å². The number of halogens is 1. The summed E-state index contributed by atoms with van der Waals surface area (Å²) >= 11 is 3.41. The van der Waals surface area contributed by atoms with Crippen molar-refractivity contribution < 1.29 is 4.79 Å². The zero-order valence-electron chi connectivity index (χ0n) is 11.9. The average molecular weight is 336 g/mol. The number of carbonyl (C=O) groups is 1. The fourth-order valence-corrected chi connectivity index (χ4v) is 4.00. The molecule has 0 amide bonds. The third-order valence-electron chi connectivity index (χ3n) is 5.11. The van der Waals surface area contributed by atoms with Crippen LogP contribution in [0.5, 0.6) is 0 Å². The van der Waals surface area contributed by atoms with Gasteiger partial charge in [0.1, 0.15) is 0 Å². The summed E-state index contributed by atoms with van der Waals surface area (Å²) in [6.45, 7) is 2.78. The maximum atomic E-state index is 12.3. The molecule has 2 aliphatic rings. The van der Waals surface area contributed by atoms with Crippen LogP contribution in [0.3, 0.4) is 0 Å². The number of rotatable bonds is 3. The van der Waals surface area contributed by atoms with Crippen LogP contribution in [0.25, 0.3) is 0 Å². The largest absolute Gasteiger partial charge is 0.296 e. The molecule has 3 heteroatoms. The van der Waals surface area contributed by atoms with Gasteiger partial charge in [-0.15, -0.1) is 0 Å². The first-order chi connectivity index (χ1) is 9.67. The standard InChI is InChI=1S/C17H22BrNO/c18-15-5-3-14(4-6-15)16(20)13-19-11-9-17(10-12-19)7-1-2-8-17/h3-6H,1-2,7-13H2. The van der Waals surface area contributed by atoms with Gasteiger partial charge in [-0.05, 0) is 56.3 Å². The van der Waals surface area contributed by atoms with E-state index in [1.165, 1.54) is 38.5 Å². The Morgan fingerprint density at radius 1 is 1.05 bits per heavy atom. The van der Waals surface area contributed by atoms with Gasteiger partial charge in [0.2, 0.25) is 0 Å². The van der Waals surface area contributed by atoms with Crippen molar-refractivity contribution in [3.8, 4) is 0 Å². The minimum Gasteiger partial charge on any atom is -0.296 e. The van der Waals surface area contributed by atoms with Crippen LogP contribution in [0.1, 0.15) is 48.9 Å². The number of hydrogen-bond acceptors (Lipinski definition) is 2. The molecule has 1 heterocycles. The fraction of sp³-hybridized carbons (Fsp3) is 0.588. The molecule has 108 valence electrons. The molecular weight excluding hydrogens is 314 g/mol. The van der Waals surface area contributed by atoms with E-state index in [-0.39, 0.29) is 5.78 Å². The highest BCUT2D eigenvalue weighted by molar-refractivity contribution is 9.10. The number of ketones is 1. The molecule has 2 fully saturated rings. The molecule has 1 aliphatic carbocycles. The molecule has 3 rings (SSSR count). The predicted molar refractivity (Wildman–Crippen MR) is 85.0 cm³/mol. The van der Waals surface area contributed by atoms with E-state index in [1.54, 1.807) is 0 Å². The average Bonchev–Trinajstić information content (AvgIpc) is 2.91. The quantitative estimate of drug-likeness (QED) is 0.768. The normalized spacial score (nSPS) is 22.2. The second kappa shape index (κ2) is 5.98. The van der Waals surface area contributed by atoms with Crippen LogP contribution in [-0.2, 0) is 0 Å². The lowest BCUT2D eigenvalue weighted by atomic mass is 9.77. The Bertz CT molecular complexity index is 466. The Morgan fingerprint density at radius 3 is 2.25 bits per heavy atom. The first-order valence-electron chi connectivity index (χ1n) is 7.68. The van der Waals surface area contributed by atoms with E-state index in [4.69, 9.17) is 0 Å². The predicted octanol–water partition coefficient (Wildman–Crippen LogP) is 4.29. The van der Waals surface area contributed by atoms with Gasteiger partial charge < -0.3 is 0 Å². The summed E-state index contributed by atoms with van der Waals surface area (Å²) in [4.78, 5) is 14.6. The summed E-state index contributed by atoms with van der Waals surface area (Å²) < 4.78 is 1.02. The number of piperidine rings is 1. The smallest absolute Gasteiger partial charge is 0.176 e. The molecule has 1 saturated heterocycles. The first-order valence-corrected chi connectivity index (χ1v) is 8.47. The molecule has 0 unspecified atom stereocenters. The van der Waals surface area contributed by atoms with E-state index in [2.05, 4.69) is 20.8 Å². The number of likely N-dealkylation sites (tertiary alicyclic amines) is 1. The Labute approximate surface area is 129 Å². The molecule has 0 aromatic heterocycles. The fourth-order valence-electron chi connectivity index (χ4n) is 3.74. The minimum atomic E-state index is 0.250. The highest BCUT2D eigenvalue weighted by Crippen LogP contribution is 2.46. The van der Waals surface area contributed by atoms with Crippen LogP contribution in [0.15, 0.2) is 28.7 Å². The molecule has 20 heavy (non-hydrogen) atoms. The van der Waals surface area contributed by atoms with Gasteiger partial charge in [-0.3, -0.25) is 9.69 Å². The van der Waals surface area contributed by atoms with Crippen molar-refractivity contribution in [2.75, 3.05) is 19.6 Å². The molecule has 1 aliphatic heterocycles. The van der Waals surface area contributed by atoms with Gasteiger partial charge in [0.05, 0.1) is 6.54 Å². The lowest BCUT2D eigenvalue weighted by Gasteiger charge is -2.39. The van der Waals surface area contributed by atoms with Gasteiger partial charge in [-0.2, -0.15) is 0 Å². The zero-order valence-corrected chi connectivity index (χ0v) is 13.5. The van der Waals surface area contributed by atoms with Gasteiger partial charge in [-0.25, -0.2) is 0 Å². The van der Waals surface area contributed by atoms with Crippen LogP contribution >= 0.6 is 15.9 Å². The van der Waals surface area contributed by atoms with Crippen molar-refractivity contribution in [2.24, 2.45) is 5.41 Å². The molecule has 0 atom stereocenters. The molecule has 1 aromatic rings. The van der Waals surface area contributed by atoms with Crippen LogP contribution in [0.2, 0.25) is 0 Å². The van der Waals surface area contributed by atoms with Crippen molar-refractivity contribution in [1.29, 1.82) is 0 Å². The van der Waals surface area contributed by atoms with Crippen LogP contribution < -0.4 is 0 Å². The molecule has 1 spiro atoms. The van der Waals surface area contributed by atoms with Gasteiger partial charge in [0.15, 0.2) is 5.78 Å². The maximum absolute atomic E-state index is 12.3. The lowest BCUT2D eigenvalue weighted by Crippen LogP contribution is -2.41. The van der Waals surface area contributed by atoms with Crippen molar-refractivity contribution in [2.45, 2.75) is 38.5 Å². The van der Waals surface area contributed by atoms with E-state index in [1.807, 2.05) is 24.3 Å². The third-order valence-corrected chi connectivity index (χ3v) is 5.64. The molecule has 2 nitrogen and oxygen atoms in total. The summed E-state index contributed by atoms with van der Waals surface area (Å²) in [7, 11) is 0. The molecule has 1 aromatic carbocycles. The van der Waals surface area contributed by atoms with Gasteiger partial charge in [0, 0.05) is 10.0 Å². The van der Waals surface area contributed by atoms with E-state index in [0.717, 1.165) is 23.1 Å². The Kier molecular flexibility index (Phi) is 4.27. The number of benzene rings is 1. The number of carbonyl (C=O) groups excluding carboxylic acids is 1. The summed E-state index contributed by atoms with van der Waals surface area (Å²) in [5.74, 6) is 0.250. The van der Waals surface area contributed by atoms with Gasteiger partial charge in [0.25, 0.3) is 0 Å². The Balaban J connectivity index is 1.54. The van der Waals surface area contributed by atoms with Crippen molar-refractivity contribution in [3.05, 3.63) is 34.3 Å². The van der Waals surface area contributed by atoms with E-state index in [9.17, 15) is 4.79 Å². The van der Waals surface area contributed by atoms with Crippen molar-refractivity contribution in [1.82, 2.24) is 4.90 Å². The molecule has 0 radical (unpaired) electrons. The topological polar surface area (TPSA) is 20.3 Å². The van der Waals surface area contributed by atoms with E-state index in [0.29, 0.717) is 12.0 Å². The van der Waals surface area contributed by atoms with Crippen LogP contribution in [0, 0.1) is 5.41 Å². The minimum absolute atomic E-state index is 0.250. The highest BCUT2D eigenvalue weighted by atomic mass is 79.9. The zero-order chi connectivity index (χ0) is 14.0. The number of Topliss-reactive ketones (excluding diaryl/α,β-unsaturated/α-hetero) is 1. The Hall–Kier alpha value is -0.670. The van der Waals surface area contributed by atoms with Crippen molar-refractivity contribution >= 4 is 21.7 Å². The summed E-state index contributed by atoms with van der Waals surface area (Å²) in [6.07, 6.45) is 8.25. The SMILES string of the molecule is O=C(CN1CCC2(CCCC2)CC1)c1ccc(Br)cc1. The molecule has 0 bridgehead atoms. The van der Waals surface area contributed by atoms with E-state index >= 15 is 0 Å². The molecule has 1 saturated carbocycles. The summed E-state index contributed by atoms with van der Waals surface area (Å²) in [6, 6.07) is 7.71. The second-order valence-electron chi connectivity index (χ2n) is 6.41.